The highest BCUT2D eigenvalue weighted by Crippen LogP contribution is 2.33. The Labute approximate surface area is 246 Å². The zero-order valence-electron chi connectivity index (χ0n) is 24.5. The highest BCUT2D eigenvalue weighted by molar-refractivity contribution is 5.98. The molecule has 1 aromatic rings. The average Bonchev–Trinajstić information content (AvgIpc) is 3.50. The molecule has 0 aromatic heterocycles. The summed E-state index contributed by atoms with van der Waals surface area (Å²) in [4.78, 5) is 66.2. The molecule has 1 aliphatic carbocycles. The van der Waals surface area contributed by atoms with Gasteiger partial charge in [-0.15, -0.1) is 0 Å². The number of nitrogens with one attached hydrogen (secondary N) is 3. The molecule has 3 aliphatic rings. The maximum atomic E-state index is 13.7. The van der Waals surface area contributed by atoms with Crippen LogP contribution in [0.5, 0.6) is 0 Å². The van der Waals surface area contributed by atoms with Gasteiger partial charge in [-0.1, -0.05) is 37.8 Å². The number of carbonyl (C=O) groups is 5. The molecular weight excluding hydrogens is 542 g/mol. The lowest BCUT2D eigenvalue weighted by Crippen LogP contribution is -2.57. The Morgan fingerprint density at radius 2 is 1.60 bits per heavy atom. The third-order valence-electron chi connectivity index (χ3n) is 8.33. The van der Waals surface area contributed by atoms with Gasteiger partial charge in [-0.3, -0.25) is 28.9 Å². The molecule has 12 nitrogen and oxygen atoms in total. The van der Waals surface area contributed by atoms with Gasteiger partial charge in [-0.2, -0.15) is 0 Å². The molecule has 0 spiro atoms. The van der Waals surface area contributed by atoms with Gasteiger partial charge >= 0.3 is 0 Å². The fraction of sp³-hybridized carbons (Fsp3) is 0.633. The minimum atomic E-state index is -1.04. The van der Waals surface area contributed by atoms with Crippen molar-refractivity contribution in [1.82, 2.24) is 20.9 Å². The number of ketones is 1. The van der Waals surface area contributed by atoms with E-state index in [-0.39, 0.29) is 24.7 Å². The van der Waals surface area contributed by atoms with Gasteiger partial charge in [0, 0.05) is 25.1 Å². The predicted molar refractivity (Wildman–Crippen MR) is 153 cm³/mol. The fourth-order valence-electron chi connectivity index (χ4n) is 5.56. The number of nitrogens with zero attached hydrogens (tertiary/aromatic N) is 1. The Balaban J connectivity index is 1.45. The Bertz CT molecular complexity index is 1140. The highest BCUT2D eigenvalue weighted by atomic mass is 16.6. The number of rotatable bonds is 14. The lowest BCUT2D eigenvalue weighted by Gasteiger charge is -2.27. The molecule has 4 rings (SSSR count). The summed E-state index contributed by atoms with van der Waals surface area (Å²) in [5.74, 6) is -1.75. The van der Waals surface area contributed by atoms with E-state index in [1.807, 2.05) is 4.90 Å². The minimum Gasteiger partial charge on any atom is -0.379 e. The summed E-state index contributed by atoms with van der Waals surface area (Å²) in [5, 5.41) is 8.39. The number of hydrogen-bond donors (Lipinski definition) is 4. The smallest absolute Gasteiger partial charge is 0.248 e. The number of benzene rings is 1. The molecule has 12 heteroatoms. The van der Waals surface area contributed by atoms with Gasteiger partial charge in [0.25, 0.3) is 0 Å². The number of amides is 4. The van der Waals surface area contributed by atoms with Crippen LogP contribution in [-0.2, 0) is 35.1 Å². The van der Waals surface area contributed by atoms with E-state index in [1.54, 1.807) is 38.1 Å². The van der Waals surface area contributed by atoms with Crippen LogP contribution >= 0.6 is 0 Å². The van der Waals surface area contributed by atoms with Crippen molar-refractivity contribution in [2.24, 2.45) is 11.7 Å². The van der Waals surface area contributed by atoms with Gasteiger partial charge in [0.2, 0.25) is 23.6 Å². The van der Waals surface area contributed by atoms with E-state index < -0.39 is 41.4 Å². The normalized spacial score (nSPS) is 22.9. The summed E-state index contributed by atoms with van der Waals surface area (Å²) < 4.78 is 10.7. The zero-order valence-corrected chi connectivity index (χ0v) is 24.5. The molecule has 4 atom stereocenters. The maximum absolute atomic E-state index is 13.7. The molecular formula is C30H43N5O7. The van der Waals surface area contributed by atoms with Crippen LogP contribution in [0.3, 0.4) is 0 Å². The monoisotopic (exact) mass is 585 g/mol. The summed E-state index contributed by atoms with van der Waals surface area (Å²) >= 11 is 0. The van der Waals surface area contributed by atoms with E-state index in [2.05, 4.69) is 16.0 Å². The third-order valence-corrected chi connectivity index (χ3v) is 8.33. The average molecular weight is 586 g/mol. The zero-order chi connectivity index (χ0) is 30.3. The first-order valence-electron chi connectivity index (χ1n) is 14.8. The second-order valence-corrected chi connectivity index (χ2v) is 11.8. The number of nitrogens with two attached hydrogens (primary N) is 1. The molecule has 2 aliphatic heterocycles. The summed E-state index contributed by atoms with van der Waals surface area (Å²) in [6, 6.07) is 3.76. The van der Waals surface area contributed by atoms with E-state index in [0.717, 1.165) is 25.7 Å². The molecule has 0 radical (unpaired) electrons. The third kappa shape index (κ3) is 8.83. The number of morpholine rings is 1. The minimum absolute atomic E-state index is 0.100. The standard InChI is InChI=1S/C30H43N5O7/c1-19(32-25(36)17-35-11-13-41-14-12-35)28(39)34-24(16-21-7-9-22(10-8-21)27(31)38)29(40)33-23(15-20-5-3-4-6-20)26(37)30(2)18-42-30/h7-10,19-20,23-24H,3-6,11-18H2,1-2H3,(H2,31,38)(H,32,36)(H,33,40)(H,34,39)/t19-,23-,24-,30-/m0/s1. The van der Waals surface area contributed by atoms with Crippen LogP contribution in [0, 0.1) is 5.92 Å². The van der Waals surface area contributed by atoms with E-state index in [0.29, 0.717) is 56.4 Å². The first-order valence-corrected chi connectivity index (χ1v) is 14.8. The van der Waals surface area contributed by atoms with Crippen LogP contribution in [0.15, 0.2) is 24.3 Å². The van der Waals surface area contributed by atoms with Crippen LogP contribution in [0.1, 0.15) is 61.9 Å². The number of hydrogen-bond acceptors (Lipinski definition) is 8. The molecule has 2 heterocycles. The molecule has 0 unspecified atom stereocenters. The topological polar surface area (TPSA) is 172 Å². The maximum Gasteiger partial charge on any atom is 0.248 e. The predicted octanol–water partition coefficient (Wildman–Crippen LogP) is 0.0728. The van der Waals surface area contributed by atoms with Crippen molar-refractivity contribution in [2.45, 2.75) is 76.1 Å². The van der Waals surface area contributed by atoms with Crippen LogP contribution in [0.25, 0.3) is 0 Å². The van der Waals surface area contributed by atoms with E-state index >= 15 is 0 Å². The molecule has 5 N–H and O–H groups in total. The lowest BCUT2D eigenvalue weighted by molar-refractivity contribution is -0.134. The van der Waals surface area contributed by atoms with Gasteiger partial charge in [-0.25, -0.2) is 0 Å². The molecule has 2 saturated heterocycles. The molecule has 0 bridgehead atoms. The van der Waals surface area contributed by atoms with Gasteiger partial charge in [0.05, 0.1) is 32.4 Å². The van der Waals surface area contributed by atoms with Crippen molar-refractivity contribution in [1.29, 1.82) is 0 Å². The number of epoxide rings is 1. The van der Waals surface area contributed by atoms with E-state index in [4.69, 9.17) is 15.2 Å². The summed E-state index contributed by atoms with van der Waals surface area (Å²) in [7, 11) is 0. The summed E-state index contributed by atoms with van der Waals surface area (Å²) in [5.41, 5.74) is 5.45. The Kier molecular flexibility index (Phi) is 10.7. The number of primary amides is 1. The summed E-state index contributed by atoms with van der Waals surface area (Å²) in [6.45, 7) is 6.11. The van der Waals surface area contributed by atoms with Gasteiger partial charge in [0.1, 0.15) is 17.7 Å². The SMILES string of the molecule is C[C@H](NC(=O)CN1CCOCC1)C(=O)N[C@@H](Cc1ccc(C(N)=O)cc1)C(=O)N[C@@H](CC1CCCC1)C(=O)[C@]1(C)CO1. The van der Waals surface area contributed by atoms with Crippen molar-refractivity contribution in [3.8, 4) is 0 Å². The Morgan fingerprint density at radius 1 is 0.976 bits per heavy atom. The quantitative estimate of drug-likeness (QED) is 0.222. The molecule has 1 aromatic carbocycles. The number of carbonyl (C=O) groups excluding carboxylic acids is 5. The van der Waals surface area contributed by atoms with Crippen LogP contribution in [0.2, 0.25) is 0 Å². The second-order valence-electron chi connectivity index (χ2n) is 11.8. The van der Waals surface area contributed by atoms with Gasteiger partial charge < -0.3 is 31.2 Å². The van der Waals surface area contributed by atoms with Crippen LogP contribution < -0.4 is 21.7 Å². The van der Waals surface area contributed by atoms with E-state index in [9.17, 15) is 24.0 Å². The van der Waals surface area contributed by atoms with Crippen molar-refractivity contribution in [2.75, 3.05) is 39.5 Å². The number of Topliss-reactive ketones (excluding diaryl/α,β-unsaturated/α-hetero) is 1. The first kappa shape index (κ1) is 31.6. The number of ether oxygens (including phenoxy) is 2. The van der Waals surface area contributed by atoms with Crippen molar-refractivity contribution in [3.05, 3.63) is 35.4 Å². The molecule has 4 amide bonds. The molecule has 230 valence electrons. The Morgan fingerprint density at radius 3 is 2.19 bits per heavy atom. The van der Waals surface area contributed by atoms with Crippen LogP contribution in [-0.4, -0.2) is 97.5 Å². The highest BCUT2D eigenvalue weighted by Gasteiger charge is 2.50. The van der Waals surface area contributed by atoms with Crippen molar-refractivity contribution in [3.63, 3.8) is 0 Å². The van der Waals surface area contributed by atoms with Gasteiger partial charge in [-0.05, 0) is 43.9 Å². The van der Waals surface area contributed by atoms with Crippen LogP contribution in [0.4, 0.5) is 0 Å². The molecule has 1 saturated carbocycles. The molecule has 3 fully saturated rings. The lowest BCUT2D eigenvalue weighted by atomic mass is 9.90. The summed E-state index contributed by atoms with van der Waals surface area (Å²) in [6.07, 6.45) is 4.83. The molecule has 42 heavy (non-hydrogen) atoms. The van der Waals surface area contributed by atoms with Crippen molar-refractivity contribution >= 4 is 29.4 Å². The van der Waals surface area contributed by atoms with Crippen molar-refractivity contribution < 1.29 is 33.4 Å². The Hall–Kier alpha value is -3.35. The largest absolute Gasteiger partial charge is 0.379 e. The van der Waals surface area contributed by atoms with Gasteiger partial charge in [0.15, 0.2) is 5.78 Å². The fourth-order valence-corrected chi connectivity index (χ4v) is 5.56. The second kappa shape index (κ2) is 14.2. The van der Waals surface area contributed by atoms with E-state index in [1.165, 1.54) is 0 Å². The first-order chi connectivity index (χ1) is 20.0.